The van der Waals surface area contributed by atoms with E-state index in [0.717, 1.165) is 0 Å². The fourth-order valence-electron chi connectivity index (χ4n) is 0.818. The number of hydrogen-bond donors (Lipinski definition) is 0. The van der Waals surface area contributed by atoms with Gasteiger partial charge in [0, 0.05) is 0 Å². The first-order chi connectivity index (χ1) is 5.22. The minimum absolute atomic E-state index is 0. The molecular formula is C9H16OZr. The zero-order valence-electron chi connectivity index (χ0n) is 7.55. The fourth-order valence-corrected chi connectivity index (χ4v) is 3.17. The molecule has 2 heteroatoms. The zero-order valence-corrected chi connectivity index (χ0v) is 10.0. The number of hydrogen-bond acceptors (Lipinski definition) is 1. The Morgan fingerprint density at radius 1 is 1.55 bits per heavy atom. The number of rotatable bonds is 1. The van der Waals surface area contributed by atoms with E-state index in [0.29, 0.717) is 0 Å². The molecule has 0 saturated heterocycles. The average Bonchev–Trinajstić information content (AvgIpc) is 2.38. The van der Waals surface area contributed by atoms with Gasteiger partial charge in [-0.1, -0.05) is 6.92 Å². The summed E-state index contributed by atoms with van der Waals surface area (Å²) in [5.41, 5.74) is 0. The van der Waals surface area contributed by atoms with Gasteiger partial charge in [0.15, 0.2) is 0 Å². The van der Waals surface area contributed by atoms with Gasteiger partial charge in [-0.2, -0.15) is 0 Å². The van der Waals surface area contributed by atoms with E-state index in [2.05, 4.69) is 27.5 Å². The standard InChI is InChI=1S/C5H5.C2H5O.2CH3.Zr/c1-2-4-5-3-1;1-2-3;;;/h1-3H,4H2;2H2,1H3;2*1H3;/q;-1;;;+1. The van der Waals surface area contributed by atoms with Crippen molar-refractivity contribution in [2.75, 3.05) is 6.61 Å². The molecule has 0 aliphatic heterocycles. The van der Waals surface area contributed by atoms with Crippen LogP contribution in [0.4, 0.5) is 0 Å². The summed E-state index contributed by atoms with van der Waals surface area (Å²) in [6, 6.07) is 0. The van der Waals surface area contributed by atoms with Crippen molar-refractivity contribution in [1.29, 1.82) is 0 Å². The van der Waals surface area contributed by atoms with E-state index >= 15 is 0 Å². The van der Waals surface area contributed by atoms with Gasteiger partial charge in [0.1, 0.15) is 0 Å². The van der Waals surface area contributed by atoms with Gasteiger partial charge in [0.05, 0.1) is 0 Å². The predicted octanol–water partition coefficient (Wildman–Crippen LogP) is 1.91. The van der Waals surface area contributed by atoms with Crippen molar-refractivity contribution in [1.82, 2.24) is 0 Å². The summed E-state index contributed by atoms with van der Waals surface area (Å²) in [5, 5.41) is 8.93. The third kappa shape index (κ3) is 5.58. The van der Waals surface area contributed by atoms with Gasteiger partial charge >= 0.3 is 58.9 Å². The van der Waals surface area contributed by atoms with Gasteiger partial charge in [-0.05, 0) is 0 Å². The Hall–Kier alpha value is 0.323. The van der Waals surface area contributed by atoms with Crippen molar-refractivity contribution in [2.45, 2.75) is 22.6 Å². The van der Waals surface area contributed by atoms with Crippen LogP contribution in [0.1, 0.15) is 13.3 Å². The van der Waals surface area contributed by atoms with Gasteiger partial charge in [-0.25, -0.2) is 0 Å². The Labute approximate surface area is 77.5 Å². The fraction of sp³-hybridized carbons (Fsp3) is 0.556. The molecule has 1 nitrogen and oxygen atoms in total. The second kappa shape index (κ2) is 7.00. The summed E-state index contributed by atoms with van der Waals surface area (Å²) in [5.74, 6) is 0. The molecule has 0 saturated carbocycles. The topological polar surface area (TPSA) is 23.1 Å². The Balaban J connectivity index is 0.000000292. The van der Waals surface area contributed by atoms with Gasteiger partial charge in [-0.3, -0.25) is 0 Å². The van der Waals surface area contributed by atoms with E-state index in [9.17, 15) is 0 Å². The molecule has 0 spiro atoms. The van der Waals surface area contributed by atoms with Crippen LogP contribution in [0.3, 0.4) is 0 Å². The second-order valence-corrected chi connectivity index (χ2v) is 9.11. The molecule has 0 unspecified atom stereocenters. The second-order valence-electron chi connectivity index (χ2n) is 2.61. The van der Waals surface area contributed by atoms with E-state index < -0.39 is 21.8 Å². The molecule has 0 aromatic rings. The van der Waals surface area contributed by atoms with Gasteiger partial charge in [0.2, 0.25) is 0 Å². The SMILES string of the molecule is CC[O-].[CH3][Zr+]([CH3])[C]1=CC=CC1. The maximum absolute atomic E-state index is 8.93. The molecule has 11 heavy (non-hydrogen) atoms. The quantitative estimate of drug-likeness (QED) is 0.676. The monoisotopic (exact) mass is 230 g/mol. The van der Waals surface area contributed by atoms with Crippen LogP contribution in [-0.2, 0) is 21.8 Å². The first kappa shape index (κ1) is 11.3. The van der Waals surface area contributed by atoms with Crippen molar-refractivity contribution in [3.8, 4) is 0 Å². The molecule has 0 amide bonds. The van der Waals surface area contributed by atoms with Gasteiger partial charge in [0.25, 0.3) is 0 Å². The third-order valence-electron chi connectivity index (χ3n) is 1.41. The third-order valence-corrected chi connectivity index (χ3v) is 5.48. The molecule has 0 radical (unpaired) electrons. The minimum atomic E-state index is -0.909. The molecule has 1 rings (SSSR count). The van der Waals surface area contributed by atoms with Crippen LogP contribution in [0.2, 0.25) is 9.26 Å². The molecule has 0 bridgehead atoms. The van der Waals surface area contributed by atoms with Crippen LogP contribution in [0.15, 0.2) is 21.5 Å². The molecule has 0 aromatic heterocycles. The summed E-state index contributed by atoms with van der Waals surface area (Å²) in [6.07, 6.45) is 8.00. The van der Waals surface area contributed by atoms with Crippen molar-refractivity contribution in [2.24, 2.45) is 0 Å². The molecule has 0 N–H and O–H groups in total. The predicted molar refractivity (Wildman–Crippen MR) is 44.1 cm³/mol. The molecular weight excluding hydrogens is 215 g/mol. The Morgan fingerprint density at radius 2 is 2.09 bits per heavy atom. The summed E-state index contributed by atoms with van der Waals surface area (Å²) < 4.78 is 6.62. The normalized spacial score (nSPS) is 13.6. The molecule has 0 atom stereocenters. The molecule has 0 fully saturated rings. The van der Waals surface area contributed by atoms with Crippen molar-refractivity contribution in [3.05, 3.63) is 21.5 Å². The Bertz CT molecular complexity index is 148. The average molecular weight is 231 g/mol. The van der Waals surface area contributed by atoms with Crippen LogP contribution in [0.25, 0.3) is 0 Å². The van der Waals surface area contributed by atoms with Crippen LogP contribution in [-0.4, -0.2) is 6.61 Å². The van der Waals surface area contributed by atoms with Crippen LogP contribution in [0, 0.1) is 0 Å². The van der Waals surface area contributed by atoms with E-state index in [-0.39, 0.29) is 6.61 Å². The van der Waals surface area contributed by atoms with Crippen molar-refractivity contribution < 1.29 is 26.9 Å². The van der Waals surface area contributed by atoms with Crippen LogP contribution >= 0.6 is 0 Å². The zero-order chi connectivity index (χ0) is 8.69. The van der Waals surface area contributed by atoms with E-state index in [1.165, 1.54) is 6.42 Å². The van der Waals surface area contributed by atoms with E-state index in [4.69, 9.17) is 5.11 Å². The molecule has 1 aliphatic rings. The van der Waals surface area contributed by atoms with Crippen molar-refractivity contribution in [3.63, 3.8) is 0 Å². The van der Waals surface area contributed by atoms with E-state index in [1.807, 2.05) is 0 Å². The summed E-state index contributed by atoms with van der Waals surface area (Å²) >= 11 is -0.909. The molecule has 0 aromatic carbocycles. The Kier molecular flexibility index (Phi) is 7.20. The molecule has 0 heterocycles. The van der Waals surface area contributed by atoms with Crippen LogP contribution < -0.4 is 5.11 Å². The molecule has 62 valence electrons. The summed E-state index contributed by atoms with van der Waals surface area (Å²) in [7, 11) is 0. The maximum atomic E-state index is 8.93. The van der Waals surface area contributed by atoms with Gasteiger partial charge < -0.3 is 5.11 Å². The first-order valence-electron chi connectivity index (χ1n) is 3.96. The Morgan fingerprint density at radius 3 is 2.27 bits per heavy atom. The first-order valence-corrected chi connectivity index (χ1v) is 10.1. The number of allylic oxidation sites excluding steroid dienone is 4. The summed E-state index contributed by atoms with van der Waals surface area (Å²) in [4.78, 5) is 0. The van der Waals surface area contributed by atoms with Gasteiger partial charge in [-0.15, -0.1) is 6.61 Å². The summed E-state index contributed by atoms with van der Waals surface area (Å²) in [6.45, 7) is 1.57. The molecule has 1 aliphatic carbocycles. The van der Waals surface area contributed by atoms with E-state index in [1.54, 1.807) is 10.2 Å². The van der Waals surface area contributed by atoms with Crippen LogP contribution in [0.5, 0.6) is 0 Å². The van der Waals surface area contributed by atoms with Crippen molar-refractivity contribution >= 4 is 0 Å².